The standard InChI is InChI=1S/C10H19NO5/c1-4-16-7(2)9(12)11-8(10(13)14)5-6-15-3/h7-8H,4-6H2,1-3H3,(H,11,12)(H,13,14). The van der Waals surface area contributed by atoms with E-state index >= 15 is 0 Å². The molecule has 0 saturated carbocycles. The van der Waals surface area contributed by atoms with Crippen molar-refractivity contribution in [3.8, 4) is 0 Å². The maximum atomic E-state index is 11.5. The normalized spacial score (nSPS) is 14.2. The van der Waals surface area contributed by atoms with Crippen molar-refractivity contribution >= 4 is 11.9 Å². The summed E-state index contributed by atoms with van der Waals surface area (Å²) >= 11 is 0. The van der Waals surface area contributed by atoms with E-state index in [9.17, 15) is 9.59 Å². The number of carboxylic acids is 1. The molecule has 0 spiro atoms. The van der Waals surface area contributed by atoms with Crippen LogP contribution in [0.4, 0.5) is 0 Å². The van der Waals surface area contributed by atoms with Crippen LogP contribution in [-0.2, 0) is 19.1 Å². The minimum atomic E-state index is -1.07. The summed E-state index contributed by atoms with van der Waals surface area (Å²) < 4.78 is 9.82. The van der Waals surface area contributed by atoms with Crippen molar-refractivity contribution in [1.29, 1.82) is 0 Å². The Hall–Kier alpha value is -1.14. The highest BCUT2D eigenvalue weighted by Gasteiger charge is 2.22. The van der Waals surface area contributed by atoms with Gasteiger partial charge in [-0.2, -0.15) is 0 Å². The van der Waals surface area contributed by atoms with Gasteiger partial charge >= 0.3 is 5.97 Å². The second kappa shape index (κ2) is 8.06. The fraction of sp³-hybridized carbons (Fsp3) is 0.800. The molecule has 0 aromatic heterocycles. The van der Waals surface area contributed by atoms with Crippen molar-refractivity contribution in [3.63, 3.8) is 0 Å². The summed E-state index contributed by atoms with van der Waals surface area (Å²) in [7, 11) is 1.48. The molecule has 0 heterocycles. The van der Waals surface area contributed by atoms with Gasteiger partial charge in [0.15, 0.2) is 0 Å². The van der Waals surface area contributed by atoms with E-state index in [2.05, 4.69) is 5.32 Å². The van der Waals surface area contributed by atoms with Gasteiger partial charge < -0.3 is 19.9 Å². The van der Waals surface area contributed by atoms with Crippen LogP contribution in [0.15, 0.2) is 0 Å². The zero-order valence-corrected chi connectivity index (χ0v) is 9.86. The number of nitrogens with one attached hydrogen (secondary N) is 1. The first-order valence-corrected chi connectivity index (χ1v) is 5.16. The quantitative estimate of drug-likeness (QED) is 0.617. The first-order valence-electron chi connectivity index (χ1n) is 5.16. The van der Waals surface area contributed by atoms with E-state index in [4.69, 9.17) is 14.6 Å². The summed E-state index contributed by atoms with van der Waals surface area (Å²) in [6.45, 7) is 4.03. The van der Waals surface area contributed by atoms with Gasteiger partial charge in [-0.3, -0.25) is 4.79 Å². The lowest BCUT2D eigenvalue weighted by molar-refractivity contribution is -0.144. The zero-order chi connectivity index (χ0) is 12.6. The van der Waals surface area contributed by atoms with E-state index in [0.717, 1.165) is 0 Å². The van der Waals surface area contributed by atoms with Gasteiger partial charge in [-0.1, -0.05) is 0 Å². The van der Waals surface area contributed by atoms with E-state index in [-0.39, 0.29) is 13.0 Å². The molecule has 1 amide bonds. The Bertz CT molecular complexity index is 231. The van der Waals surface area contributed by atoms with Gasteiger partial charge in [0.05, 0.1) is 0 Å². The molecule has 0 aromatic carbocycles. The summed E-state index contributed by atoms with van der Waals surface area (Å²) in [5.74, 6) is -1.50. The van der Waals surface area contributed by atoms with Crippen LogP contribution in [0.25, 0.3) is 0 Å². The first kappa shape index (κ1) is 14.9. The topological polar surface area (TPSA) is 84.9 Å². The molecule has 2 N–H and O–H groups in total. The molecule has 0 bridgehead atoms. The number of amides is 1. The lowest BCUT2D eigenvalue weighted by Crippen LogP contribution is -2.45. The molecule has 0 fully saturated rings. The Kier molecular flexibility index (Phi) is 7.49. The molecular weight excluding hydrogens is 214 g/mol. The van der Waals surface area contributed by atoms with E-state index in [1.54, 1.807) is 13.8 Å². The van der Waals surface area contributed by atoms with Crippen LogP contribution in [-0.4, -0.2) is 49.5 Å². The monoisotopic (exact) mass is 233 g/mol. The van der Waals surface area contributed by atoms with Crippen LogP contribution in [0.5, 0.6) is 0 Å². The van der Waals surface area contributed by atoms with Crippen LogP contribution >= 0.6 is 0 Å². The SMILES string of the molecule is CCOC(C)C(=O)NC(CCOC)C(=O)O. The maximum Gasteiger partial charge on any atom is 0.326 e. The molecule has 2 atom stereocenters. The fourth-order valence-corrected chi connectivity index (χ4v) is 1.11. The van der Waals surface area contributed by atoms with E-state index < -0.39 is 24.0 Å². The second-order valence-electron chi connectivity index (χ2n) is 3.28. The number of methoxy groups -OCH3 is 1. The highest BCUT2D eigenvalue weighted by molar-refractivity contribution is 5.86. The maximum absolute atomic E-state index is 11.5. The van der Waals surface area contributed by atoms with Crippen LogP contribution in [0.3, 0.4) is 0 Å². The average Bonchev–Trinajstić information content (AvgIpc) is 2.23. The number of carbonyl (C=O) groups excluding carboxylic acids is 1. The third-order valence-corrected chi connectivity index (χ3v) is 2.01. The molecule has 0 rings (SSSR count). The first-order chi connectivity index (χ1) is 7.52. The number of hydrogen-bond donors (Lipinski definition) is 2. The number of carbonyl (C=O) groups is 2. The Morgan fingerprint density at radius 2 is 2.06 bits per heavy atom. The van der Waals surface area contributed by atoms with Gasteiger partial charge in [-0.05, 0) is 13.8 Å². The molecule has 6 nitrogen and oxygen atoms in total. The van der Waals surface area contributed by atoms with Crippen molar-refractivity contribution in [2.45, 2.75) is 32.4 Å². The van der Waals surface area contributed by atoms with Crippen LogP contribution in [0, 0.1) is 0 Å². The largest absolute Gasteiger partial charge is 0.480 e. The molecule has 0 aliphatic heterocycles. The van der Waals surface area contributed by atoms with Crippen molar-refractivity contribution in [3.05, 3.63) is 0 Å². The molecule has 0 aliphatic rings. The molecule has 94 valence electrons. The van der Waals surface area contributed by atoms with E-state index in [1.165, 1.54) is 7.11 Å². The molecule has 0 radical (unpaired) electrons. The van der Waals surface area contributed by atoms with Gasteiger partial charge in [0.25, 0.3) is 0 Å². The van der Waals surface area contributed by atoms with Gasteiger partial charge in [0, 0.05) is 26.7 Å². The molecule has 0 aromatic rings. The van der Waals surface area contributed by atoms with Crippen molar-refractivity contribution in [2.24, 2.45) is 0 Å². The molecule has 16 heavy (non-hydrogen) atoms. The predicted molar refractivity (Wildman–Crippen MR) is 57.1 cm³/mol. The minimum Gasteiger partial charge on any atom is -0.480 e. The third-order valence-electron chi connectivity index (χ3n) is 2.01. The number of rotatable bonds is 8. The minimum absolute atomic E-state index is 0.233. The van der Waals surface area contributed by atoms with Crippen molar-refractivity contribution < 1.29 is 24.2 Å². The molecule has 0 aliphatic carbocycles. The Labute approximate surface area is 94.9 Å². The number of ether oxygens (including phenoxy) is 2. The van der Waals surface area contributed by atoms with Gasteiger partial charge in [-0.25, -0.2) is 4.79 Å². The van der Waals surface area contributed by atoms with Gasteiger partial charge in [0.2, 0.25) is 5.91 Å². The predicted octanol–water partition coefficient (Wildman–Crippen LogP) is 0.0173. The lowest BCUT2D eigenvalue weighted by atomic mass is 10.2. The number of hydrogen-bond acceptors (Lipinski definition) is 4. The zero-order valence-electron chi connectivity index (χ0n) is 9.86. The summed E-state index contributed by atoms with van der Waals surface area (Å²) in [4.78, 5) is 22.3. The Balaban J connectivity index is 4.17. The summed E-state index contributed by atoms with van der Waals surface area (Å²) in [5.41, 5.74) is 0. The summed E-state index contributed by atoms with van der Waals surface area (Å²) in [6.07, 6.45) is -0.412. The van der Waals surface area contributed by atoms with Crippen LogP contribution < -0.4 is 5.32 Å². The van der Waals surface area contributed by atoms with Gasteiger partial charge in [0.1, 0.15) is 12.1 Å². The summed E-state index contributed by atoms with van der Waals surface area (Å²) in [5, 5.41) is 11.2. The third kappa shape index (κ3) is 5.67. The fourth-order valence-electron chi connectivity index (χ4n) is 1.11. The van der Waals surface area contributed by atoms with Crippen LogP contribution in [0.2, 0.25) is 0 Å². The number of aliphatic carboxylic acids is 1. The molecule has 2 unspecified atom stereocenters. The highest BCUT2D eigenvalue weighted by Crippen LogP contribution is 1.97. The van der Waals surface area contributed by atoms with Crippen molar-refractivity contribution in [2.75, 3.05) is 20.3 Å². The molecule has 6 heteroatoms. The highest BCUT2D eigenvalue weighted by atomic mass is 16.5. The molecule has 0 saturated heterocycles. The van der Waals surface area contributed by atoms with E-state index in [0.29, 0.717) is 6.61 Å². The Morgan fingerprint density at radius 1 is 1.44 bits per heavy atom. The van der Waals surface area contributed by atoms with E-state index in [1.807, 2.05) is 0 Å². The van der Waals surface area contributed by atoms with Crippen LogP contribution in [0.1, 0.15) is 20.3 Å². The summed E-state index contributed by atoms with van der Waals surface area (Å²) in [6, 6.07) is -0.935. The Morgan fingerprint density at radius 3 is 2.50 bits per heavy atom. The second-order valence-corrected chi connectivity index (χ2v) is 3.28. The average molecular weight is 233 g/mol. The smallest absolute Gasteiger partial charge is 0.326 e. The van der Waals surface area contributed by atoms with Crippen molar-refractivity contribution in [1.82, 2.24) is 5.32 Å². The number of carboxylic acid groups (broad SMARTS) is 1. The van der Waals surface area contributed by atoms with Gasteiger partial charge in [-0.15, -0.1) is 0 Å². The molecular formula is C10H19NO5. The lowest BCUT2D eigenvalue weighted by Gasteiger charge is -2.17.